The number of nitrogens with one attached hydrogen (secondary N) is 2. The van der Waals surface area contributed by atoms with Gasteiger partial charge in [0.05, 0.1) is 17.8 Å². The smallest absolute Gasteiger partial charge is 0.130 e. The summed E-state index contributed by atoms with van der Waals surface area (Å²) in [6.07, 6.45) is 3.72. The highest BCUT2D eigenvalue weighted by atomic mass is 15.1. The fourth-order valence-electron chi connectivity index (χ4n) is 2.15. The van der Waals surface area contributed by atoms with Crippen molar-refractivity contribution in [3.8, 4) is 0 Å². The first kappa shape index (κ1) is 11.7. The van der Waals surface area contributed by atoms with Gasteiger partial charge in [0.1, 0.15) is 5.82 Å². The number of hydrogen-bond donors (Lipinski definition) is 2. The van der Waals surface area contributed by atoms with Gasteiger partial charge >= 0.3 is 0 Å². The second-order valence-corrected chi connectivity index (χ2v) is 4.74. The second kappa shape index (κ2) is 4.72. The lowest BCUT2D eigenvalue weighted by Crippen LogP contribution is -2.08. The van der Waals surface area contributed by atoms with Crippen molar-refractivity contribution in [2.24, 2.45) is 0 Å². The van der Waals surface area contributed by atoms with E-state index in [0.717, 1.165) is 22.5 Å². The third-order valence-electron chi connectivity index (χ3n) is 3.29. The first-order valence-electron chi connectivity index (χ1n) is 6.35. The first-order valence-corrected chi connectivity index (χ1v) is 6.35. The summed E-state index contributed by atoms with van der Waals surface area (Å²) >= 11 is 0. The topological polar surface area (TPSA) is 53.6 Å². The van der Waals surface area contributed by atoms with Crippen LogP contribution in [0.25, 0.3) is 10.9 Å². The number of hydrogen-bond acceptors (Lipinski definition) is 3. The molecular weight excluding hydrogens is 236 g/mol. The monoisotopic (exact) mass is 252 g/mol. The SMILES string of the molecule is Cc1cc2ccccc2nc1NC(C)c1cn[nH]c1. The maximum atomic E-state index is 4.68. The highest BCUT2D eigenvalue weighted by molar-refractivity contribution is 5.81. The van der Waals surface area contributed by atoms with Crippen LogP contribution in [0, 0.1) is 6.92 Å². The van der Waals surface area contributed by atoms with Crippen molar-refractivity contribution in [3.05, 3.63) is 53.9 Å². The van der Waals surface area contributed by atoms with Crippen molar-refractivity contribution < 1.29 is 0 Å². The average molecular weight is 252 g/mol. The molecule has 2 N–H and O–H groups in total. The number of pyridine rings is 1. The van der Waals surface area contributed by atoms with E-state index in [1.54, 1.807) is 0 Å². The predicted octanol–water partition coefficient (Wildman–Crippen LogP) is 3.44. The van der Waals surface area contributed by atoms with Gasteiger partial charge in [-0.2, -0.15) is 5.10 Å². The van der Waals surface area contributed by atoms with Gasteiger partial charge in [-0.05, 0) is 31.5 Å². The summed E-state index contributed by atoms with van der Waals surface area (Å²) in [4.78, 5) is 4.68. The molecule has 0 saturated carbocycles. The van der Waals surface area contributed by atoms with E-state index in [0.29, 0.717) is 0 Å². The molecular formula is C15H16N4. The highest BCUT2D eigenvalue weighted by Gasteiger charge is 2.09. The zero-order valence-corrected chi connectivity index (χ0v) is 11.0. The Balaban J connectivity index is 1.94. The van der Waals surface area contributed by atoms with Crippen molar-refractivity contribution in [2.75, 3.05) is 5.32 Å². The molecule has 0 bridgehead atoms. The second-order valence-electron chi connectivity index (χ2n) is 4.74. The van der Waals surface area contributed by atoms with Crippen LogP contribution in [-0.2, 0) is 0 Å². The summed E-state index contributed by atoms with van der Waals surface area (Å²) in [5.74, 6) is 0.924. The number of fused-ring (bicyclic) bond motifs is 1. The molecule has 4 nitrogen and oxygen atoms in total. The van der Waals surface area contributed by atoms with Crippen LogP contribution in [0.1, 0.15) is 24.1 Å². The number of aryl methyl sites for hydroxylation is 1. The number of H-pyrrole nitrogens is 1. The molecule has 0 spiro atoms. The Morgan fingerprint density at radius 1 is 1.26 bits per heavy atom. The predicted molar refractivity (Wildman–Crippen MR) is 77.1 cm³/mol. The number of rotatable bonds is 3. The fraction of sp³-hybridized carbons (Fsp3) is 0.200. The molecule has 1 aromatic carbocycles. The summed E-state index contributed by atoms with van der Waals surface area (Å²) in [6.45, 7) is 4.17. The number of para-hydroxylation sites is 1. The lowest BCUT2D eigenvalue weighted by Gasteiger charge is -2.15. The molecule has 1 atom stereocenters. The van der Waals surface area contributed by atoms with Gasteiger partial charge in [0, 0.05) is 17.1 Å². The Morgan fingerprint density at radius 2 is 2.11 bits per heavy atom. The van der Waals surface area contributed by atoms with Crippen LogP contribution in [0.2, 0.25) is 0 Å². The Kier molecular flexibility index (Phi) is 2.91. The van der Waals surface area contributed by atoms with Gasteiger partial charge in [-0.3, -0.25) is 5.10 Å². The molecule has 2 aromatic heterocycles. The Bertz CT molecular complexity index is 688. The van der Waals surface area contributed by atoms with Crippen molar-refractivity contribution in [3.63, 3.8) is 0 Å². The molecule has 0 aliphatic carbocycles. The Labute approximate surface area is 111 Å². The van der Waals surface area contributed by atoms with Gasteiger partial charge in [-0.25, -0.2) is 4.98 Å². The van der Waals surface area contributed by atoms with Crippen LogP contribution in [0.15, 0.2) is 42.7 Å². The summed E-state index contributed by atoms with van der Waals surface area (Å²) < 4.78 is 0. The van der Waals surface area contributed by atoms with Gasteiger partial charge in [-0.15, -0.1) is 0 Å². The van der Waals surface area contributed by atoms with Crippen molar-refractivity contribution >= 4 is 16.7 Å². The van der Waals surface area contributed by atoms with E-state index in [2.05, 4.69) is 46.5 Å². The summed E-state index contributed by atoms with van der Waals surface area (Å²) in [7, 11) is 0. The number of benzene rings is 1. The average Bonchev–Trinajstić information content (AvgIpc) is 2.93. The molecule has 96 valence electrons. The highest BCUT2D eigenvalue weighted by Crippen LogP contribution is 2.23. The van der Waals surface area contributed by atoms with E-state index in [1.165, 1.54) is 5.39 Å². The van der Waals surface area contributed by atoms with Crippen LogP contribution in [-0.4, -0.2) is 15.2 Å². The van der Waals surface area contributed by atoms with Gasteiger partial charge in [0.25, 0.3) is 0 Å². The molecule has 3 rings (SSSR count). The maximum absolute atomic E-state index is 4.68. The van der Waals surface area contributed by atoms with Crippen LogP contribution < -0.4 is 5.32 Å². The summed E-state index contributed by atoms with van der Waals surface area (Å²) in [5.41, 5.74) is 3.28. The molecule has 19 heavy (non-hydrogen) atoms. The largest absolute Gasteiger partial charge is 0.363 e. The minimum Gasteiger partial charge on any atom is -0.363 e. The van der Waals surface area contributed by atoms with Gasteiger partial charge in [0.15, 0.2) is 0 Å². The van der Waals surface area contributed by atoms with Crippen molar-refractivity contribution in [1.29, 1.82) is 0 Å². The zero-order chi connectivity index (χ0) is 13.2. The molecule has 0 fully saturated rings. The van der Waals surface area contributed by atoms with Gasteiger partial charge in [-0.1, -0.05) is 18.2 Å². The van der Waals surface area contributed by atoms with E-state index >= 15 is 0 Å². The minimum absolute atomic E-state index is 0.172. The van der Waals surface area contributed by atoms with E-state index in [4.69, 9.17) is 0 Å². The zero-order valence-electron chi connectivity index (χ0n) is 11.0. The quantitative estimate of drug-likeness (QED) is 0.750. The third-order valence-corrected chi connectivity index (χ3v) is 3.29. The number of anilines is 1. The molecule has 2 heterocycles. The molecule has 4 heteroatoms. The standard InChI is InChI=1S/C15H16N4/c1-10-7-12-5-3-4-6-14(12)19-15(10)18-11(2)13-8-16-17-9-13/h3-9,11H,1-2H3,(H,16,17)(H,18,19). The summed E-state index contributed by atoms with van der Waals surface area (Å²) in [5, 5.41) is 11.4. The van der Waals surface area contributed by atoms with Gasteiger partial charge in [0.2, 0.25) is 0 Å². The molecule has 0 amide bonds. The van der Waals surface area contributed by atoms with Crippen molar-refractivity contribution in [1.82, 2.24) is 15.2 Å². The minimum atomic E-state index is 0.172. The molecule has 0 aliphatic rings. The lowest BCUT2D eigenvalue weighted by atomic mass is 10.1. The fourth-order valence-corrected chi connectivity index (χ4v) is 2.15. The maximum Gasteiger partial charge on any atom is 0.130 e. The molecule has 0 saturated heterocycles. The number of nitrogens with zero attached hydrogens (tertiary/aromatic N) is 2. The van der Waals surface area contributed by atoms with Crippen LogP contribution in [0.4, 0.5) is 5.82 Å². The Hall–Kier alpha value is -2.36. The van der Waals surface area contributed by atoms with Crippen LogP contribution in [0.3, 0.4) is 0 Å². The molecule has 0 radical (unpaired) electrons. The molecule has 0 aliphatic heterocycles. The van der Waals surface area contributed by atoms with Gasteiger partial charge < -0.3 is 5.32 Å². The first-order chi connectivity index (χ1) is 9.24. The van der Waals surface area contributed by atoms with E-state index in [-0.39, 0.29) is 6.04 Å². The third kappa shape index (κ3) is 2.29. The van der Waals surface area contributed by atoms with E-state index in [9.17, 15) is 0 Å². The number of aromatic nitrogens is 3. The Morgan fingerprint density at radius 3 is 2.89 bits per heavy atom. The van der Waals surface area contributed by atoms with E-state index in [1.807, 2.05) is 30.6 Å². The summed E-state index contributed by atoms with van der Waals surface area (Å²) in [6, 6.07) is 10.5. The molecule has 3 aromatic rings. The molecule has 1 unspecified atom stereocenters. The van der Waals surface area contributed by atoms with Crippen LogP contribution in [0.5, 0.6) is 0 Å². The number of aromatic amines is 1. The van der Waals surface area contributed by atoms with E-state index < -0.39 is 0 Å². The normalized spacial score (nSPS) is 12.5. The lowest BCUT2D eigenvalue weighted by molar-refractivity contribution is 0.875. The van der Waals surface area contributed by atoms with Crippen molar-refractivity contribution in [2.45, 2.75) is 19.9 Å². The van der Waals surface area contributed by atoms with Crippen LogP contribution >= 0.6 is 0 Å².